The Kier molecular flexibility index (Phi) is 5.41. The molecule has 0 saturated carbocycles. The molecule has 1 saturated heterocycles. The van der Waals surface area contributed by atoms with Crippen molar-refractivity contribution in [2.24, 2.45) is 5.92 Å². The fourth-order valence-corrected chi connectivity index (χ4v) is 3.52. The van der Waals surface area contributed by atoms with E-state index in [4.69, 9.17) is 21.1 Å². The van der Waals surface area contributed by atoms with Gasteiger partial charge in [-0.3, -0.25) is 14.4 Å². The summed E-state index contributed by atoms with van der Waals surface area (Å²) < 4.78 is 5.66. The summed E-state index contributed by atoms with van der Waals surface area (Å²) in [5.41, 5.74) is 1.22. The minimum atomic E-state index is -0.895. The molecule has 1 fully saturated rings. The van der Waals surface area contributed by atoms with Crippen LogP contribution in [0, 0.1) is 12.8 Å². The van der Waals surface area contributed by atoms with Crippen molar-refractivity contribution in [2.75, 3.05) is 26.7 Å². The number of carboxylic acids is 1. The molecule has 1 aliphatic rings. The fraction of sp³-hybridized carbons (Fsp3) is 0.421. The molecule has 1 atom stereocenters. The third-order valence-electron chi connectivity index (χ3n) is 4.93. The predicted octanol–water partition coefficient (Wildman–Crippen LogP) is 2.79. The summed E-state index contributed by atoms with van der Waals surface area (Å²) in [7, 11) is 1.53. The van der Waals surface area contributed by atoms with Crippen LogP contribution >= 0.6 is 11.6 Å². The molecule has 0 aliphatic carbocycles. The number of carboxylic acid groups (broad SMARTS) is 1. The van der Waals surface area contributed by atoms with Crippen molar-refractivity contribution in [3.63, 3.8) is 0 Å². The van der Waals surface area contributed by atoms with E-state index >= 15 is 0 Å². The van der Waals surface area contributed by atoms with Gasteiger partial charge in [-0.05, 0) is 38.0 Å². The average molecular weight is 393 g/mol. The van der Waals surface area contributed by atoms with E-state index in [9.17, 15) is 14.4 Å². The minimum Gasteiger partial charge on any atom is -0.481 e. The number of aryl methyl sites for hydroxylation is 1. The largest absolute Gasteiger partial charge is 0.481 e. The summed E-state index contributed by atoms with van der Waals surface area (Å²) >= 11 is 6.00. The number of amides is 2. The Hall–Kier alpha value is -2.54. The second-order valence-corrected chi connectivity index (χ2v) is 7.31. The summed E-state index contributed by atoms with van der Waals surface area (Å²) in [5, 5.41) is 10.5. The zero-order valence-corrected chi connectivity index (χ0v) is 16.0. The maximum absolute atomic E-state index is 12.7. The number of likely N-dealkylation sites (N-methyl/N-ethyl adjacent to an activating group) is 1. The van der Waals surface area contributed by atoms with Crippen molar-refractivity contribution < 1.29 is 23.9 Å². The van der Waals surface area contributed by atoms with Crippen molar-refractivity contribution in [3.05, 3.63) is 34.5 Å². The lowest BCUT2D eigenvalue weighted by Crippen LogP contribution is -2.46. The molecule has 1 aromatic carbocycles. The lowest BCUT2D eigenvalue weighted by atomic mass is 9.98. The molecule has 2 amide bonds. The quantitative estimate of drug-likeness (QED) is 0.863. The molecule has 7 nitrogen and oxygen atoms in total. The molecule has 8 heteroatoms. The first kappa shape index (κ1) is 19.2. The van der Waals surface area contributed by atoms with Crippen LogP contribution < -0.4 is 0 Å². The second-order valence-electron chi connectivity index (χ2n) is 6.88. The number of likely N-dealkylation sites (tertiary alicyclic amines) is 1. The minimum absolute atomic E-state index is 0.136. The van der Waals surface area contributed by atoms with Gasteiger partial charge < -0.3 is 19.3 Å². The highest BCUT2D eigenvalue weighted by Crippen LogP contribution is 2.28. The van der Waals surface area contributed by atoms with E-state index in [1.165, 1.54) is 16.8 Å². The Balaban J connectivity index is 1.71. The molecule has 1 aromatic heterocycles. The molecule has 0 radical (unpaired) electrons. The Bertz CT molecular complexity index is 907. The second kappa shape index (κ2) is 7.60. The van der Waals surface area contributed by atoms with Gasteiger partial charge in [-0.2, -0.15) is 0 Å². The molecule has 27 heavy (non-hydrogen) atoms. The number of hydrogen-bond donors (Lipinski definition) is 1. The zero-order valence-electron chi connectivity index (χ0n) is 15.2. The van der Waals surface area contributed by atoms with E-state index in [0.29, 0.717) is 35.6 Å². The van der Waals surface area contributed by atoms with Gasteiger partial charge in [0.2, 0.25) is 5.91 Å². The fourth-order valence-electron chi connectivity index (χ4n) is 3.35. The number of benzene rings is 1. The number of fused-ring (bicyclic) bond motifs is 1. The molecule has 1 aliphatic heterocycles. The molecule has 1 N–H and O–H groups in total. The number of nitrogens with zero attached hydrogens (tertiary/aromatic N) is 2. The molecule has 1 unspecified atom stereocenters. The van der Waals surface area contributed by atoms with Crippen molar-refractivity contribution in [2.45, 2.75) is 19.8 Å². The van der Waals surface area contributed by atoms with E-state index in [0.717, 1.165) is 5.39 Å². The number of furan rings is 1. The van der Waals surface area contributed by atoms with Gasteiger partial charge in [0.05, 0.1) is 12.5 Å². The number of halogens is 1. The Labute approximate surface area is 161 Å². The van der Waals surface area contributed by atoms with Gasteiger partial charge in [0.15, 0.2) is 5.76 Å². The number of hydrogen-bond acceptors (Lipinski definition) is 4. The van der Waals surface area contributed by atoms with E-state index in [1.54, 1.807) is 25.1 Å². The molecule has 3 rings (SSSR count). The summed E-state index contributed by atoms with van der Waals surface area (Å²) in [4.78, 5) is 39.2. The highest BCUT2D eigenvalue weighted by Gasteiger charge is 2.30. The van der Waals surface area contributed by atoms with Crippen molar-refractivity contribution in [1.82, 2.24) is 9.80 Å². The first-order valence-corrected chi connectivity index (χ1v) is 9.10. The summed E-state index contributed by atoms with van der Waals surface area (Å²) in [6, 6.07) is 5.12. The van der Waals surface area contributed by atoms with E-state index in [1.807, 2.05) is 0 Å². The lowest BCUT2D eigenvalue weighted by molar-refractivity contribution is -0.145. The van der Waals surface area contributed by atoms with Gasteiger partial charge >= 0.3 is 5.97 Å². The van der Waals surface area contributed by atoms with Gasteiger partial charge in [-0.25, -0.2) is 0 Å². The lowest BCUT2D eigenvalue weighted by Gasteiger charge is -2.31. The van der Waals surface area contributed by atoms with Crippen molar-refractivity contribution >= 4 is 40.4 Å². The van der Waals surface area contributed by atoms with Gasteiger partial charge in [0.1, 0.15) is 5.58 Å². The smallest absolute Gasteiger partial charge is 0.308 e. The van der Waals surface area contributed by atoms with Crippen LogP contribution in [0.1, 0.15) is 29.0 Å². The highest BCUT2D eigenvalue weighted by atomic mass is 35.5. The van der Waals surface area contributed by atoms with Crippen LogP contribution in [-0.4, -0.2) is 59.4 Å². The normalized spacial score (nSPS) is 17.1. The summed E-state index contributed by atoms with van der Waals surface area (Å²) in [6.45, 7) is 2.32. The van der Waals surface area contributed by atoms with Gasteiger partial charge in [0.25, 0.3) is 5.91 Å². The SMILES string of the molecule is Cc1c(C(=O)N(C)CC(=O)N2CCCC(C(=O)O)C2)oc2ccc(Cl)cc12. The molecule has 2 heterocycles. The van der Waals surface area contributed by atoms with E-state index in [-0.39, 0.29) is 24.8 Å². The van der Waals surface area contributed by atoms with Crippen molar-refractivity contribution in [1.29, 1.82) is 0 Å². The number of piperidine rings is 1. The molecule has 144 valence electrons. The molecular formula is C19H21ClN2O5. The highest BCUT2D eigenvalue weighted by molar-refractivity contribution is 6.31. The molecule has 0 spiro atoms. The summed E-state index contributed by atoms with van der Waals surface area (Å²) in [5.74, 6) is -1.95. The van der Waals surface area contributed by atoms with Crippen molar-refractivity contribution in [3.8, 4) is 0 Å². The van der Waals surface area contributed by atoms with E-state index < -0.39 is 17.8 Å². The topological polar surface area (TPSA) is 91.1 Å². The van der Waals surface area contributed by atoms with Crippen LogP contribution in [0.3, 0.4) is 0 Å². The van der Waals surface area contributed by atoms with E-state index in [2.05, 4.69) is 0 Å². The predicted molar refractivity (Wildman–Crippen MR) is 99.9 cm³/mol. The third-order valence-corrected chi connectivity index (χ3v) is 5.17. The number of aliphatic carboxylic acids is 1. The standard InChI is InChI=1S/C19H21ClN2O5/c1-11-14-8-13(20)5-6-15(14)27-17(11)18(24)21(2)10-16(23)22-7-3-4-12(9-22)19(25)26/h5-6,8,12H,3-4,7,9-10H2,1-2H3,(H,25,26). The maximum Gasteiger partial charge on any atom is 0.308 e. The number of carbonyl (C=O) groups is 3. The number of rotatable bonds is 4. The Morgan fingerprint density at radius 2 is 2.11 bits per heavy atom. The maximum atomic E-state index is 12.7. The number of carbonyl (C=O) groups excluding carboxylic acids is 2. The molecule has 2 aromatic rings. The third kappa shape index (κ3) is 3.93. The van der Waals surface area contributed by atoms with Gasteiger partial charge in [0, 0.05) is 36.1 Å². The zero-order chi connectivity index (χ0) is 19.7. The molecular weight excluding hydrogens is 372 g/mol. The van der Waals surface area contributed by atoms with Gasteiger partial charge in [-0.1, -0.05) is 11.6 Å². The van der Waals surface area contributed by atoms with Crippen LogP contribution in [0.25, 0.3) is 11.0 Å². The molecule has 0 bridgehead atoms. The van der Waals surface area contributed by atoms with Crippen LogP contribution in [0.2, 0.25) is 5.02 Å². The average Bonchev–Trinajstić information content (AvgIpc) is 2.97. The first-order valence-electron chi connectivity index (χ1n) is 8.72. The van der Waals surface area contributed by atoms with Crippen LogP contribution in [0.5, 0.6) is 0 Å². The monoisotopic (exact) mass is 392 g/mol. The Morgan fingerprint density at radius 1 is 1.37 bits per heavy atom. The summed E-state index contributed by atoms with van der Waals surface area (Å²) in [6.07, 6.45) is 1.21. The first-order chi connectivity index (χ1) is 12.8. The Morgan fingerprint density at radius 3 is 2.81 bits per heavy atom. The van der Waals surface area contributed by atoms with Gasteiger partial charge in [-0.15, -0.1) is 0 Å². The van der Waals surface area contributed by atoms with Crippen LogP contribution in [0.4, 0.5) is 0 Å². The van der Waals surface area contributed by atoms with Crippen LogP contribution in [-0.2, 0) is 9.59 Å². The van der Waals surface area contributed by atoms with Crippen LogP contribution in [0.15, 0.2) is 22.6 Å².